The molecule has 112 valence electrons. The second kappa shape index (κ2) is 7.66. The third kappa shape index (κ3) is 3.89. The smallest absolute Gasteiger partial charge is 0.219 e. The lowest BCUT2D eigenvalue weighted by atomic mass is 10.2. The van der Waals surface area contributed by atoms with Crippen LogP contribution in [0.15, 0.2) is 34.9 Å². The Morgan fingerprint density at radius 2 is 2.00 bits per heavy atom. The molecule has 0 aliphatic rings. The molecule has 1 aromatic heterocycles. The molecule has 0 N–H and O–H groups in total. The summed E-state index contributed by atoms with van der Waals surface area (Å²) in [5, 5.41) is 0.749. The second-order valence-electron chi connectivity index (χ2n) is 4.20. The van der Waals surface area contributed by atoms with Gasteiger partial charge in [0, 0.05) is 11.5 Å². The first-order valence-corrected chi connectivity index (χ1v) is 8.14. The molecule has 0 spiro atoms. The van der Waals surface area contributed by atoms with E-state index in [1.165, 1.54) is 0 Å². The van der Waals surface area contributed by atoms with E-state index in [9.17, 15) is 0 Å². The number of pyridine rings is 1. The molecule has 0 saturated heterocycles. The standard InChI is InChI=1S/C15H15Br2NO3/c1-19-13-7-10(8-16)6-12(17)14(13)21-9-11-4-3-5-18-15(11)20-2/h3-7H,8-9H2,1-2H3. The molecule has 0 bridgehead atoms. The van der Waals surface area contributed by atoms with Crippen molar-refractivity contribution in [3.8, 4) is 17.4 Å². The molecular weight excluding hydrogens is 402 g/mol. The van der Waals surface area contributed by atoms with Crippen molar-refractivity contribution >= 4 is 31.9 Å². The highest BCUT2D eigenvalue weighted by Crippen LogP contribution is 2.38. The number of aromatic nitrogens is 1. The fourth-order valence-corrected chi connectivity index (χ4v) is 2.79. The zero-order chi connectivity index (χ0) is 15.2. The lowest BCUT2D eigenvalue weighted by Gasteiger charge is -2.14. The van der Waals surface area contributed by atoms with Gasteiger partial charge >= 0.3 is 0 Å². The summed E-state index contributed by atoms with van der Waals surface area (Å²) in [6, 6.07) is 7.70. The third-order valence-corrected chi connectivity index (χ3v) is 4.10. The van der Waals surface area contributed by atoms with Gasteiger partial charge in [0.2, 0.25) is 5.88 Å². The van der Waals surface area contributed by atoms with Crippen molar-refractivity contribution in [3.05, 3.63) is 46.1 Å². The largest absolute Gasteiger partial charge is 0.493 e. The molecule has 1 aromatic carbocycles. The number of nitrogens with zero attached hydrogens (tertiary/aromatic N) is 1. The number of methoxy groups -OCH3 is 2. The van der Waals surface area contributed by atoms with E-state index in [-0.39, 0.29) is 0 Å². The zero-order valence-electron chi connectivity index (χ0n) is 11.7. The van der Waals surface area contributed by atoms with Crippen molar-refractivity contribution in [2.45, 2.75) is 11.9 Å². The minimum atomic E-state index is 0.347. The first-order valence-electron chi connectivity index (χ1n) is 6.22. The van der Waals surface area contributed by atoms with Crippen LogP contribution in [0.3, 0.4) is 0 Å². The second-order valence-corrected chi connectivity index (χ2v) is 5.62. The fraction of sp³-hybridized carbons (Fsp3) is 0.267. The summed E-state index contributed by atoms with van der Waals surface area (Å²) in [6.45, 7) is 0.347. The SMILES string of the molecule is COc1cc(CBr)cc(Br)c1OCc1cccnc1OC. The van der Waals surface area contributed by atoms with Gasteiger partial charge in [-0.25, -0.2) is 4.98 Å². The van der Waals surface area contributed by atoms with Gasteiger partial charge in [0.1, 0.15) is 6.61 Å². The summed E-state index contributed by atoms with van der Waals surface area (Å²) in [6.07, 6.45) is 1.68. The Labute approximate surface area is 140 Å². The van der Waals surface area contributed by atoms with Gasteiger partial charge in [0.15, 0.2) is 11.5 Å². The first-order chi connectivity index (χ1) is 10.2. The highest BCUT2D eigenvalue weighted by Gasteiger charge is 2.13. The average Bonchev–Trinajstić information content (AvgIpc) is 2.53. The summed E-state index contributed by atoms with van der Waals surface area (Å²) in [5.74, 6) is 1.90. The molecule has 0 unspecified atom stereocenters. The molecule has 0 saturated carbocycles. The third-order valence-electron chi connectivity index (χ3n) is 2.86. The van der Waals surface area contributed by atoms with Crippen LogP contribution in [-0.4, -0.2) is 19.2 Å². The summed E-state index contributed by atoms with van der Waals surface area (Å²) < 4.78 is 17.3. The van der Waals surface area contributed by atoms with Crippen molar-refractivity contribution in [1.29, 1.82) is 0 Å². The van der Waals surface area contributed by atoms with Crippen LogP contribution < -0.4 is 14.2 Å². The Balaban J connectivity index is 2.23. The van der Waals surface area contributed by atoms with Crippen LogP contribution in [0.25, 0.3) is 0 Å². The topological polar surface area (TPSA) is 40.6 Å². The minimum Gasteiger partial charge on any atom is -0.493 e. The maximum absolute atomic E-state index is 5.88. The van der Waals surface area contributed by atoms with Crippen LogP contribution in [0.4, 0.5) is 0 Å². The Kier molecular flexibility index (Phi) is 5.87. The number of rotatable bonds is 6. The van der Waals surface area contributed by atoms with E-state index < -0.39 is 0 Å². The molecule has 21 heavy (non-hydrogen) atoms. The summed E-state index contributed by atoms with van der Waals surface area (Å²) in [4.78, 5) is 4.15. The number of ether oxygens (including phenoxy) is 3. The van der Waals surface area contributed by atoms with E-state index in [4.69, 9.17) is 14.2 Å². The van der Waals surface area contributed by atoms with Gasteiger partial charge in [-0.05, 0) is 45.8 Å². The Bertz CT molecular complexity index is 620. The predicted molar refractivity (Wildman–Crippen MR) is 88.4 cm³/mol. The van der Waals surface area contributed by atoms with Crippen molar-refractivity contribution < 1.29 is 14.2 Å². The molecule has 6 heteroatoms. The van der Waals surface area contributed by atoms with Crippen LogP contribution >= 0.6 is 31.9 Å². The molecule has 1 heterocycles. The van der Waals surface area contributed by atoms with Crippen LogP contribution in [0.2, 0.25) is 0 Å². The lowest BCUT2D eigenvalue weighted by molar-refractivity contribution is 0.274. The Morgan fingerprint density at radius 3 is 2.67 bits per heavy atom. The average molecular weight is 417 g/mol. The van der Waals surface area contributed by atoms with E-state index in [0.29, 0.717) is 24.0 Å². The van der Waals surface area contributed by atoms with Gasteiger partial charge in [-0.2, -0.15) is 0 Å². The summed E-state index contributed by atoms with van der Waals surface area (Å²) >= 11 is 6.95. The molecule has 0 radical (unpaired) electrons. The minimum absolute atomic E-state index is 0.347. The summed E-state index contributed by atoms with van der Waals surface area (Å²) in [5.41, 5.74) is 1.98. The van der Waals surface area contributed by atoms with Gasteiger partial charge < -0.3 is 14.2 Å². The molecule has 0 aliphatic heterocycles. The van der Waals surface area contributed by atoms with Crippen LogP contribution in [0.1, 0.15) is 11.1 Å². The maximum atomic E-state index is 5.88. The van der Waals surface area contributed by atoms with Gasteiger partial charge in [-0.3, -0.25) is 0 Å². The quantitative estimate of drug-likeness (QED) is 0.657. The molecule has 4 nitrogen and oxygen atoms in total. The molecular formula is C15H15Br2NO3. The van der Waals surface area contributed by atoms with Crippen LogP contribution in [0.5, 0.6) is 17.4 Å². The summed E-state index contributed by atoms with van der Waals surface area (Å²) in [7, 11) is 3.21. The van der Waals surface area contributed by atoms with E-state index in [0.717, 1.165) is 20.9 Å². The molecule has 0 fully saturated rings. The van der Waals surface area contributed by atoms with Gasteiger partial charge in [-0.1, -0.05) is 15.9 Å². The Morgan fingerprint density at radius 1 is 1.19 bits per heavy atom. The van der Waals surface area contributed by atoms with E-state index >= 15 is 0 Å². The molecule has 0 atom stereocenters. The van der Waals surface area contributed by atoms with Gasteiger partial charge in [-0.15, -0.1) is 0 Å². The molecule has 2 rings (SSSR count). The lowest BCUT2D eigenvalue weighted by Crippen LogP contribution is -2.02. The Hall–Kier alpha value is -1.27. The van der Waals surface area contributed by atoms with Crippen molar-refractivity contribution in [1.82, 2.24) is 4.98 Å². The zero-order valence-corrected chi connectivity index (χ0v) is 14.9. The van der Waals surface area contributed by atoms with E-state index in [1.54, 1.807) is 20.4 Å². The number of hydrogen-bond donors (Lipinski definition) is 0. The normalized spacial score (nSPS) is 10.3. The van der Waals surface area contributed by atoms with Gasteiger partial charge in [0.25, 0.3) is 0 Å². The molecule has 0 amide bonds. The number of halogens is 2. The van der Waals surface area contributed by atoms with Crippen molar-refractivity contribution in [3.63, 3.8) is 0 Å². The highest BCUT2D eigenvalue weighted by atomic mass is 79.9. The first kappa shape index (κ1) is 16.1. The molecule has 2 aromatic rings. The maximum Gasteiger partial charge on any atom is 0.219 e. The van der Waals surface area contributed by atoms with Crippen LogP contribution in [0, 0.1) is 0 Å². The van der Waals surface area contributed by atoms with Crippen molar-refractivity contribution in [2.75, 3.05) is 14.2 Å². The van der Waals surface area contributed by atoms with Crippen LogP contribution in [-0.2, 0) is 11.9 Å². The fourth-order valence-electron chi connectivity index (χ4n) is 1.86. The number of benzene rings is 1. The van der Waals surface area contributed by atoms with Gasteiger partial charge in [0.05, 0.1) is 24.3 Å². The molecule has 0 aliphatic carbocycles. The number of alkyl halides is 1. The van der Waals surface area contributed by atoms with E-state index in [1.807, 2.05) is 24.3 Å². The predicted octanol–water partition coefficient (Wildman–Crippen LogP) is 4.34. The monoisotopic (exact) mass is 415 g/mol. The van der Waals surface area contributed by atoms with E-state index in [2.05, 4.69) is 36.8 Å². The van der Waals surface area contributed by atoms with Crippen molar-refractivity contribution in [2.24, 2.45) is 0 Å². The highest BCUT2D eigenvalue weighted by molar-refractivity contribution is 9.10. The number of hydrogen-bond acceptors (Lipinski definition) is 4.